The van der Waals surface area contributed by atoms with Crippen molar-refractivity contribution in [2.24, 2.45) is 0 Å². The highest BCUT2D eigenvalue weighted by Crippen LogP contribution is 2.55. The molecule has 0 aliphatic carbocycles. The summed E-state index contributed by atoms with van der Waals surface area (Å²) in [5, 5.41) is 0. The Hall–Kier alpha value is 1.40. The van der Waals surface area contributed by atoms with Crippen molar-refractivity contribution in [1.29, 1.82) is 0 Å². The Balaban J connectivity index is 2.40. The summed E-state index contributed by atoms with van der Waals surface area (Å²) < 4.78 is 0.509. The molecule has 0 aromatic rings. The fourth-order valence-corrected chi connectivity index (χ4v) is 10.0. The third kappa shape index (κ3) is 2.00. The standard InChI is InChI=1S/C3H6S4/c1-3(2)4-6-7-5-3/h1-2H3/p+1. The van der Waals surface area contributed by atoms with E-state index < -0.39 is 0 Å². The van der Waals surface area contributed by atoms with E-state index in [1.165, 1.54) is 10.8 Å². The molecule has 0 atom stereocenters. The second-order valence-corrected chi connectivity index (χ2v) is 9.31. The summed E-state index contributed by atoms with van der Waals surface area (Å²) in [7, 11) is 7.31. The van der Waals surface area contributed by atoms with Gasteiger partial charge in [-0.2, -0.15) is 0 Å². The molecule has 1 fully saturated rings. The topological polar surface area (TPSA) is 0 Å². The van der Waals surface area contributed by atoms with Crippen molar-refractivity contribution in [3.8, 4) is 0 Å². The molecule has 0 saturated carbocycles. The smallest absolute Gasteiger partial charge is 0.0169 e. The molecule has 1 aliphatic heterocycles. The predicted octanol–water partition coefficient (Wildman–Crippen LogP) is 2.50. The van der Waals surface area contributed by atoms with Crippen LogP contribution in [-0.4, -0.2) is 4.08 Å². The molecule has 1 saturated heterocycles. The lowest BCUT2D eigenvalue weighted by Gasteiger charge is -1.99. The van der Waals surface area contributed by atoms with Gasteiger partial charge in [-0.05, 0) is 24.6 Å². The fraction of sp³-hybridized carbons (Fsp3) is 1.00. The Morgan fingerprint density at radius 3 is 2.29 bits per heavy atom. The van der Waals surface area contributed by atoms with E-state index in [4.69, 9.17) is 0 Å². The predicted molar refractivity (Wildman–Crippen MR) is 45.6 cm³/mol. The highest BCUT2D eigenvalue weighted by Gasteiger charge is 2.36. The summed E-state index contributed by atoms with van der Waals surface area (Å²) in [5.74, 6) is 0. The second kappa shape index (κ2) is 2.33. The molecule has 0 unspecified atom stereocenters. The van der Waals surface area contributed by atoms with Gasteiger partial charge in [-0.1, -0.05) is 0 Å². The molecule has 0 bridgehead atoms. The van der Waals surface area contributed by atoms with Crippen LogP contribution in [0.1, 0.15) is 13.8 Å². The molecule has 4 heteroatoms. The Morgan fingerprint density at radius 1 is 1.43 bits per heavy atom. The third-order valence-electron chi connectivity index (χ3n) is 0.525. The van der Waals surface area contributed by atoms with Gasteiger partial charge in [0.2, 0.25) is 0 Å². The van der Waals surface area contributed by atoms with E-state index in [0.29, 0.717) is 4.08 Å². The molecule has 0 aromatic carbocycles. The first kappa shape index (κ1) is 6.52. The Kier molecular flexibility index (Phi) is 2.17. The van der Waals surface area contributed by atoms with Crippen LogP contribution in [0.5, 0.6) is 0 Å². The zero-order valence-electron chi connectivity index (χ0n) is 4.17. The number of hydrogen-bond acceptors (Lipinski definition) is 3. The molecule has 1 heterocycles. The monoisotopic (exact) mass is 171 g/mol. The van der Waals surface area contributed by atoms with Crippen molar-refractivity contribution in [3.05, 3.63) is 0 Å². The molecule has 0 aromatic heterocycles. The third-order valence-corrected chi connectivity index (χ3v) is 9.55. The maximum Gasteiger partial charge on any atom is 0.188 e. The van der Waals surface area contributed by atoms with E-state index in [-0.39, 0.29) is 0 Å². The minimum atomic E-state index is 0.509. The Labute approximate surface area is 59.2 Å². The van der Waals surface area contributed by atoms with Crippen molar-refractivity contribution in [1.82, 2.24) is 0 Å². The SMILES string of the molecule is CC1(C)SSS[SH+]1. The Bertz CT molecular complexity index is 61.3. The number of rotatable bonds is 0. The van der Waals surface area contributed by atoms with Crippen LogP contribution in [0.2, 0.25) is 0 Å². The molecule has 0 radical (unpaired) electrons. The summed E-state index contributed by atoms with van der Waals surface area (Å²) in [6, 6.07) is 0. The van der Waals surface area contributed by atoms with Gasteiger partial charge in [0, 0.05) is 9.83 Å². The van der Waals surface area contributed by atoms with Crippen LogP contribution in [-0.2, 0) is 10.8 Å². The summed E-state index contributed by atoms with van der Waals surface area (Å²) >= 11 is 0. The molecule has 0 N–H and O–H groups in total. The molecule has 7 heavy (non-hydrogen) atoms. The Morgan fingerprint density at radius 2 is 2.14 bits per heavy atom. The fourth-order valence-electron chi connectivity index (χ4n) is 0.219. The largest absolute Gasteiger partial charge is 0.188 e. The molecule has 1 rings (SSSR count). The van der Waals surface area contributed by atoms with Gasteiger partial charge in [0.1, 0.15) is 0 Å². The van der Waals surface area contributed by atoms with Crippen LogP contribution in [0.15, 0.2) is 0 Å². The van der Waals surface area contributed by atoms with Crippen LogP contribution >= 0.6 is 30.4 Å². The highest BCUT2D eigenvalue weighted by molar-refractivity contribution is 9.27. The lowest BCUT2D eigenvalue weighted by atomic mass is 10.6. The maximum absolute atomic E-state index is 2.27. The molecular weight excluding hydrogens is 164 g/mol. The van der Waals surface area contributed by atoms with E-state index in [9.17, 15) is 0 Å². The average Bonchev–Trinajstić information content (AvgIpc) is 1.84. The summed E-state index contributed by atoms with van der Waals surface area (Å²) in [6.45, 7) is 4.54. The van der Waals surface area contributed by atoms with E-state index in [0.717, 1.165) is 0 Å². The normalized spacial score (nSPS) is 28.3. The second-order valence-electron chi connectivity index (χ2n) is 1.76. The van der Waals surface area contributed by atoms with Crippen LogP contribution in [0.3, 0.4) is 0 Å². The molecule has 0 amide bonds. The number of thiol groups is 1. The van der Waals surface area contributed by atoms with Gasteiger partial charge in [0.05, 0.1) is 10.8 Å². The van der Waals surface area contributed by atoms with Gasteiger partial charge in [-0.3, -0.25) is 0 Å². The van der Waals surface area contributed by atoms with Gasteiger partial charge in [0.15, 0.2) is 13.9 Å². The van der Waals surface area contributed by atoms with E-state index >= 15 is 0 Å². The minimum absolute atomic E-state index is 0.509. The van der Waals surface area contributed by atoms with Gasteiger partial charge in [0.25, 0.3) is 0 Å². The molecule has 0 spiro atoms. The molecular formula is C3H7S4+. The van der Waals surface area contributed by atoms with Crippen LogP contribution in [0.25, 0.3) is 0 Å². The number of hydrogen-bond donors (Lipinski definition) is 0. The van der Waals surface area contributed by atoms with Gasteiger partial charge in [-0.25, -0.2) is 0 Å². The first-order chi connectivity index (χ1) is 3.21. The van der Waals surface area contributed by atoms with Crippen molar-refractivity contribution in [3.63, 3.8) is 0 Å². The maximum atomic E-state index is 2.27. The molecule has 1 aliphatic rings. The van der Waals surface area contributed by atoms with Crippen molar-refractivity contribution in [2.45, 2.75) is 17.9 Å². The zero-order chi connectivity index (χ0) is 5.33. The first-order valence-corrected chi connectivity index (χ1v) is 6.93. The first-order valence-electron chi connectivity index (χ1n) is 1.94. The van der Waals surface area contributed by atoms with E-state index in [2.05, 4.69) is 13.8 Å². The van der Waals surface area contributed by atoms with Crippen LogP contribution < -0.4 is 0 Å². The van der Waals surface area contributed by atoms with E-state index in [1.807, 2.05) is 30.4 Å². The quantitative estimate of drug-likeness (QED) is 0.312. The highest BCUT2D eigenvalue weighted by atomic mass is 33.7. The van der Waals surface area contributed by atoms with Gasteiger partial charge >= 0.3 is 0 Å². The lowest BCUT2D eigenvalue weighted by Crippen LogP contribution is -2.07. The lowest BCUT2D eigenvalue weighted by molar-refractivity contribution is 1.04. The van der Waals surface area contributed by atoms with Crippen molar-refractivity contribution < 1.29 is 0 Å². The summed E-state index contributed by atoms with van der Waals surface area (Å²) in [6.07, 6.45) is 0. The van der Waals surface area contributed by atoms with Crippen LogP contribution in [0.4, 0.5) is 0 Å². The zero-order valence-corrected chi connectivity index (χ0v) is 7.52. The summed E-state index contributed by atoms with van der Waals surface area (Å²) in [5.41, 5.74) is 0. The molecule has 42 valence electrons. The average molecular weight is 171 g/mol. The van der Waals surface area contributed by atoms with Gasteiger partial charge < -0.3 is 0 Å². The van der Waals surface area contributed by atoms with Gasteiger partial charge in [-0.15, -0.1) is 0 Å². The van der Waals surface area contributed by atoms with E-state index in [1.54, 1.807) is 0 Å². The molecule has 0 nitrogen and oxygen atoms in total. The van der Waals surface area contributed by atoms with Crippen molar-refractivity contribution >= 4 is 41.2 Å². The van der Waals surface area contributed by atoms with Crippen molar-refractivity contribution in [2.75, 3.05) is 0 Å². The van der Waals surface area contributed by atoms with Crippen LogP contribution in [0, 0.1) is 0 Å². The summed E-state index contributed by atoms with van der Waals surface area (Å²) in [4.78, 5) is 0. The minimum Gasteiger partial charge on any atom is -0.0169 e.